The zero-order valence-corrected chi connectivity index (χ0v) is 12.8. The molecule has 0 heterocycles. The number of hydrogen-bond donors (Lipinski definition) is 2. The summed E-state index contributed by atoms with van der Waals surface area (Å²) < 4.78 is 11.0. The van der Waals surface area contributed by atoms with E-state index in [4.69, 9.17) is 15.2 Å². The second-order valence-corrected chi connectivity index (χ2v) is 4.61. The molecule has 0 spiro atoms. The van der Waals surface area contributed by atoms with Gasteiger partial charge < -0.3 is 20.5 Å². The smallest absolute Gasteiger partial charge is 0.255 e. The van der Waals surface area contributed by atoms with E-state index < -0.39 is 0 Å². The third-order valence-electron chi connectivity index (χ3n) is 2.95. The maximum atomic E-state index is 12.3. The van der Waals surface area contributed by atoms with Gasteiger partial charge in [-0.15, -0.1) is 0 Å². The summed E-state index contributed by atoms with van der Waals surface area (Å²) in [4.78, 5) is 12.3. The monoisotopic (exact) mass is 300 g/mol. The van der Waals surface area contributed by atoms with Crippen molar-refractivity contribution in [2.45, 2.75) is 13.8 Å². The minimum absolute atomic E-state index is 0.227. The Kier molecular flexibility index (Phi) is 5.25. The first-order chi connectivity index (χ1) is 10.6. The lowest BCUT2D eigenvalue weighted by Gasteiger charge is -2.12. The summed E-state index contributed by atoms with van der Waals surface area (Å²) in [6, 6.07) is 12.2. The van der Waals surface area contributed by atoms with Gasteiger partial charge in [-0.25, -0.2) is 0 Å². The van der Waals surface area contributed by atoms with Gasteiger partial charge in [0.15, 0.2) is 11.5 Å². The molecular weight excluding hydrogens is 280 g/mol. The van der Waals surface area contributed by atoms with Crippen LogP contribution in [0, 0.1) is 0 Å². The molecule has 0 aliphatic heterocycles. The Morgan fingerprint density at radius 1 is 1.05 bits per heavy atom. The Labute approximate surface area is 130 Å². The van der Waals surface area contributed by atoms with Gasteiger partial charge in [-0.3, -0.25) is 4.79 Å². The van der Waals surface area contributed by atoms with Crippen LogP contribution < -0.4 is 20.5 Å². The van der Waals surface area contributed by atoms with Gasteiger partial charge in [-0.05, 0) is 50.2 Å². The lowest BCUT2D eigenvalue weighted by molar-refractivity contribution is 0.102. The van der Waals surface area contributed by atoms with Gasteiger partial charge in [0.2, 0.25) is 0 Å². The van der Waals surface area contributed by atoms with Crippen LogP contribution in [0.2, 0.25) is 0 Å². The summed E-state index contributed by atoms with van der Waals surface area (Å²) in [5.74, 6) is 0.962. The maximum Gasteiger partial charge on any atom is 0.255 e. The van der Waals surface area contributed by atoms with E-state index in [1.807, 2.05) is 13.8 Å². The first kappa shape index (κ1) is 15.7. The van der Waals surface area contributed by atoms with Crippen LogP contribution >= 0.6 is 0 Å². The number of nitrogens with one attached hydrogen (secondary N) is 1. The molecule has 2 rings (SSSR count). The lowest BCUT2D eigenvalue weighted by Crippen LogP contribution is -2.12. The molecule has 0 atom stereocenters. The van der Waals surface area contributed by atoms with Crippen molar-refractivity contribution in [3.8, 4) is 11.5 Å². The molecule has 0 aromatic heterocycles. The summed E-state index contributed by atoms with van der Waals surface area (Å²) >= 11 is 0. The highest BCUT2D eigenvalue weighted by Gasteiger charge is 2.11. The molecule has 116 valence electrons. The van der Waals surface area contributed by atoms with Crippen LogP contribution in [0.3, 0.4) is 0 Å². The van der Waals surface area contributed by atoms with Crippen LogP contribution in [0.15, 0.2) is 42.5 Å². The lowest BCUT2D eigenvalue weighted by atomic mass is 10.1. The molecule has 0 aliphatic rings. The molecule has 0 bridgehead atoms. The van der Waals surface area contributed by atoms with Gasteiger partial charge in [0.1, 0.15) is 0 Å². The van der Waals surface area contributed by atoms with Gasteiger partial charge in [-0.2, -0.15) is 0 Å². The predicted molar refractivity (Wildman–Crippen MR) is 87.6 cm³/mol. The van der Waals surface area contributed by atoms with Crippen molar-refractivity contribution in [1.82, 2.24) is 0 Å². The number of carbonyl (C=O) groups is 1. The average molecular weight is 300 g/mol. The SMILES string of the molecule is CCOc1ccc(C(=O)Nc2cccc(N)c2)cc1OCC. The standard InChI is InChI=1S/C17H20N2O3/c1-3-21-15-9-8-12(10-16(15)22-4-2)17(20)19-14-7-5-6-13(18)11-14/h5-11H,3-4,18H2,1-2H3,(H,19,20). The molecule has 2 aromatic carbocycles. The molecular formula is C17H20N2O3. The van der Waals surface area contributed by atoms with Crippen molar-refractivity contribution in [1.29, 1.82) is 0 Å². The molecule has 0 saturated heterocycles. The molecule has 3 N–H and O–H groups in total. The highest BCUT2D eigenvalue weighted by atomic mass is 16.5. The first-order valence-corrected chi connectivity index (χ1v) is 7.20. The fourth-order valence-corrected chi connectivity index (χ4v) is 2.01. The number of hydrogen-bond acceptors (Lipinski definition) is 4. The minimum Gasteiger partial charge on any atom is -0.490 e. The van der Waals surface area contributed by atoms with E-state index in [0.29, 0.717) is 41.7 Å². The van der Waals surface area contributed by atoms with Crippen LogP contribution in [0.25, 0.3) is 0 Å². The zero-order valence-electron chi connectivity index (χ0n) is 12.8. The van der Waals surface area contributed by atoms with Gasteiger partial charge in [0.05, 0.1) is 13.2 Å². The van der Waals surface area contributed by atoms with Crippen molar-refractivity contribution in [3.63, 3.8) is 0 Å². The highest BCUT2D eigenvalue weighted by molar-refractivity contribution is 6.04. The second kappa shape index (κ2) is 7.36. The van der Waals surface area contributed by atoms with Gasteiger partial charge >= 0.3 is 0 Å². The molecule has 0 radical (unpaired) electrons. The van der Waals surface area contributed by atoms with Crippen LogP contribution in [0.5, 0.6) is 11.5 Å². The maximum absolute atomic E-state index is 12.3. The number of anilines is 2. The number of ether oxygens (including phenoxy) is 2. The first-order valence-electron chi connectivity index (χ1n) is 7.20. The van der Waals surface area contributed by atoms with E-state index in [1.54, 1.807) is 42.5 Å². The molecule has 5 nitrogen and oxygen atoms in total. The minimum atomic E-state index is -0.227. The van der Waals surface area contributed by atoms with Gasteiger partial charge in [0.25, 0.3) is 5.91 Å². The van der Waals surface area contributed by atoms with Gasteiger partial charge in [0, 0.05) is 16.9 Å². The summed E-state index contributed by atoms with van der Waals surface area (Å²) in [5, 5.41) is 2.80. The molecule has 5 heteroatoms. The predicted octanol–water partition coefficient (Wildman–Crippen LogP) is 3.32. The van der Waals surface area contributed by atoms with Gasteiger partial charge in [-0.1, -0.05) is 6.07 Å². The molecule has 0 unspecified atom stereocenters. The Hall–Kier alpha value is -2.69. The molecule has 2 aromatic rings. The molecule has 1 amide bonds. The second-order valence-electron chi connectivity index (χ2n) is 4.61. The number of benzene rings is 2. The number of nitrogens with two attached hydrogens (primary N) is 1. The third-order valence-corrected chi connectivity index (χ3v) is 2.95. The summed E-state index contributed by atoms with van der Waals surface area (Å²) in [5.41, 5.74) is 7.44. The Bertz CT molecular complexity index is 656. The number of amides is 1. The van der Waals surface area contributed by atoms with Crippen LogP contribution in [0.4, 0.5) is 11.4 Å². The fraction of sp³-hybridized carbons (Fsp3) is 0.235. The normalized spacial score (nSPS) is 10.1. The van der Waals surface area contributed by atoms with E-state index in [2.05, 4.69) is 5.32 Å². The van der Waals surface area contributed by atoms with E-state index in [1.165, 1.54) is 0 Å². The van der Waals surface area contributed by atoms with Crippen LogP contribution in [0.1, 0.15) is 24.2 Å². The number of carbonyl (C=O) groups excluding carboxylic acids is 1. The molecule has 22 heavy (non-hydrogen) atoms. The Morgan fingerprint density at radius 3 is 2.45 bits per heavy atom. The largest absolute Gasteiger partial charge is 0.490 e. The molecule has 0 aliphatic carbocycles. The van der Waals surface area contributed by atoms with Crippen LogP contribution in [-0.4, -0.2) is 19.1 Å². The van der Waals surface area contributed by atoms with E-state index in [0.717, 1.165) is 0 Å². The highest BCUT2D eigenvalue weighted by Crippen LogP contribution is 2.29. The summed E-state index contributed by atoms with van der Waals surface area (Å²) in [6.07, 6.45) is 0. The van der Waals surface area contributed by atoms with Crippen LogP contribution in [-0.2, 0) is 0 Å². The van der Waals surface area contributed by atoms with E-state index in [-0.39, 0.29) is 5.91 Å². The van der Waals surface area contributed by atoms with Crippen molar-refractivity contribution in [2.75, 3.05) is 24.3 Å². The van der Waals surface area contributed by atoms with Crippen molar-refractivity contribution in [3.05, 3.63) is 48.0 Å². The number of nitrogen functional groups attached to an aromatic ring is 1. The zero-order chi connectivity index (χ0) is 15.9. The third kappa shape index (κ3) is 3.91. The summed E-state index contributed by atoms with van der Waals surface area (Å²) in [6.45, 7) is 4.82. The van der Waals surface area contributed by atoms with Crippen molar-refractivity contribution in [2.24, 2.45) is 0 Å². The Morgan fingerprint density at radius 2 is 1.77 bits per heavy atom. The quantitative estimate of drug-likeness (QED) is 0.803. The topological polar surface area (TPSA) is 73.6 Å². The van der Waals surface area contributed by atoms with Crippen molar-refractivity contribution >= 4 is 17.3 Å². The summed E-state index contributed by atoms with van der Waals surface area (Å²) in [7, 11) is 0. The molecule has 0 saturated carbocycles. The average Bonchev–Trinajstić information content (AvgIpc) is 2.49. The number of rotatable bonds is 6. The Balaban J connectivity index is 2.20. The molecule has 0 fully saturated rings. The van der Waals surface area contributed by atoms with Crippen molar-refractivity contribution < 1.29 is 14.3 Å². The fourth-order valence-electron chi connectivity index (χ4n) is 2.01. The van der Waals surface area contributed by atoms with E-state index in [9.17, 15) is 4.79 Å². The van der Waals surface area contributed by atoms with E-state index >= 15 is 0 Å².